The number of pyridine rings is 2. The van der Waals surface area contributed by atoms with E-state index in [1.165, 1.54) is 16.5 Å². The Hall–Kier alpha value is -2.22. The lowest BCUT2D eigenvalue weighted by atomic mass is 10.1. The van der Waals surface area contributed by atoms with Gasteiger partial charge in [-0.3, -0.25) is 4.98 Å². The van der Waals surface area contributed by atoms with Gasteiger partial charge in [0.25, 0.3) is 0 Å². The minimum Gasteiger partial charge on any atom is -0.256 e. The van der Waals surface area contributed by atoms with Gasteiger partial charge in [-0.1, -0.05) is 24.3 Å². The highest BCUT2D eigenvalue weighted by Crippen LogP contribution is 2.15. The standard InChI is InChI=1S/C16H15N2/c1-13-7-10-18(11-8-13)12-15-5-2-4-14-6-3-9-17-16(14)15/h2-11H,12H2,1H3/q+1. The minimum atomic E-state index is 0.856. The van der Waals surface area contributed by atoms with Crippen LogP contribution in [-0.4, -0.2) is 4.98 Å². The number of hydrogen-bond acceptors (Lipinski definition) is 1. The SMILES string of the molecule is Cc1cc[n+](Cc2cccc3cccnc23)cc1. The molecule has 0 radical (unpaired) electrons. The predicted molar refractivity (Wildman–Crippen MR) is 72.2 cm³/mol. The lowest BCUT2D eigenvalue weighted by Crippen LogP contribution is -2.33. The van der Waals surface area contributed by atoms with E-state index in [9.17, 15) is 0 Å². The van der Waals surface area contributed by atoms with Gasteiger partial charge in [0.05, 0.1) is 5.52 Å². The average Bonchev–Trinajstić information content (AvgIpc) is 2.42. The Balaban J connectivity index is 2.02. The van der Waals surface area contributed by atoms with Gasteiger partial charge in [0, 0.05) is 29.3 Å². The monoisotopic (exact) mass is 235 g/mol. The number of aromatic nitrogens is 2. The molecule has 0 bridgehead atoms. The second-order valence-corrected chi connectivity index (χ2v) is 4.54. The molecule has 0 aliphatic carbocycles. The van der Waals surface area contributed by atoms with Crippen LogP contribution >= 0.6 is 0 Å². The number of para-hydroxylation sites is 1. The van der Waals surface area contributed by atoms with Crippen LogP contribution < -0.4 is 4.57 Å². The molecule has 3 rings (SSSR count). The number of benzene rings is 1. The summed E-state index contributed by atoms with van der Waals surface area (Å²) in [5, 5.41) is 1.20. The van der Waals surface area contributed by atoms with Crippen molar-refractivity contribution in [2.24, 2.45) is 0 Å². The quantitative estimate of drug-likeness (QED) is 0.624. The van der Waals surface area contributed by atoms with Crippen LogP contribution in [0.3, 0.4) is 0 Å². The average molecular weight is 235 g/mol. The van der Waals surface area contributed by atoms with E-state index in [-0.39, 0.29) is 0 Å². The van der Waals surface area contributed by atoms with Crippen LogP contribution in [0.15, 0.2) is 61.1 Å². The zero-order valence-electron chi connectivity index (χ0n) is 10.4. The highest BCUT2D eigenvalue weighted by Gasteiger charge is 2.06. The molecule has 0 unspecified atom stereocenters. The third-order valence-electron chi connectivity index (χ3n) is 3.13. The van der Waals surface area contributed by atoms with Crippen molar-refractivity contribution in [2.45, 2.75) is 13.5 Å². The molecule has 2 nitrogen and oxygen atoms in total. The predicted octanol–water partition coefficient (Wildman–Crippen LogP) is 2.88. The van der Waals surface area contributed by atoms with Gasteiger partial charge in [0.2, 0.25) is 0 Å². The van der Waals surface area contributed by atoms with Gasteiger partial charge in [-0.25, -0.2) is 4.57 Å². The first kappa shape index (κ1) is 10.9. The Kier molecular flexibility index (Phi) is 2.77. The Morgan fingerprint density at radius 2 is 1.78 bits per heavy atom. The van der Waals surface area contributed by atoms with E-state index in [4.69, 9.17) is 0 Å². The zero-order valence-corrected chi connectivity index (χ0v) is 10.4. The molecule has 0 saturated carbocycles. The summed E-state index contributed by atoms with van der Waals surface area (Å²) < 4.78 is 2.18. The molecule has 2 heteroatoms. The third-order valence-corrected chi connectivity index (χ3v) is 3.13. The Labute approximate surface area is 107 Å². The van der Waals surface area contributed by atoms with E-state index < -0.39 is 0 Å². The lowest BCUT2D eigenvalue weighted by Gasteiger charge is -2.02. The van der Waals surface area contributed by atoms with Gasteiger partial charge in [-0.2, -0.15) is 0 Å². The minimum absolute atomic E-state index is 0.856. The van der Waals surface area contributed by atoms with Crippen molar-refractivity contribution in [3.63, 3.8) is 0 Å². The van der Waals surface area contributed by atoms with Gasteiger partial charge >= 0.3 is 0 Å². The van der Waals surface area contributed by atoms with Crippen molar-refractivity contribution in [1.29, 1.82) is 0 Å². The maximum Gasteiger partial charge on any atom is 0.175 e. The molecule has 0 spiro atoms. The lowest BCUT2D eigenvalue weighted by molar-refractivity contribution is -0.688. The number of rotatable bonds is 2. The Morgan fingerprint density at radius 1 is 1.00 bits per heavy atom. The van der Waals surface area contributed by atoms with Crippen LogP contribution in [0.1, 0.15) is 11.1 Å². The van der Waals surface area contributed by atoms with Gasteiger partial charge in [-0.15, -0.1) is 0 Å². The summed E-state index contributed by atoms with van der Waals surface area (Å²) in [7, 11) is 0. The second-order valence-electron chi connectivity index (χ2n) is 4.54. The van der Waals surface area contributed by atoms with Crippen LogP contribution in [-0.2, 0) is 6.54 Å². The normalized spacial score (nSPS) is 10.7. The molecule has 18 heavy (non-hydrogen) atoms. The van der Waals surface area contributed by atoms with E-state index in [1.54, 1.807) is 0 Å². The van der Waals surface area contributed by atoms with Gasteiger partial charge in [0.15, 0.2) is 18.9 Å². The first-order valence-corrected chi connectivity index (χ1v) is 6.11. The Bertz CT molecular complexity index is 667. The molecule has 88 valence electrons. The van der Waals surface area contributed by atoms with Crippen molar-refractivity contribution in [3.05, 3.63) is 72.2 Å². The maximum absolute atomic E-state index is 4.48. The molecular formula is C16H15N2+. The molecule has 0 fully saturated rings. The van der Waals surface area contributed by atoms with Crippen LogP contribution in [0.5, 0.6) is 0 Å². The van der Waals surface area contributed by atoms with Crippen LogP contribution in [0.25, 0.3) is 10.9 Å². The maximum atomic E-state index is 4.48. The third kappa shape index (κ3) is 2.09. The van der Waals surface area contributed by atoms with Crippen molar-refractivity contribution in [1.82, 2.24) is 4.98 Å². The molecule has 0 N–H and O–H groups in total. The largest absolute Gasteiger partial charge is 0.256 e. The van der Waals surface area contributed by atoms with E-state index in [0.717, 1.165) is 12.1 Å². The number of fused-ring (bicyclic) bond motifs is 1. The summed E-state index contributed by atoms with van der Waals surface area (Å²) in [6, 6.07) is 14.7. The Morgan fingerprint density at radius 3 is 2.61 bits per heavy atom. The van der Waals surface area contributed by atoms with E-state index in [1.807, 2.05) is 12.3 Å². The molecule has 0 saturated heterocycles. The van der Waals surface area contributed by atoms with Gasteiger partial charge < -0.3 is 0 Å². The molecule has 0 atom stereocenters. The molecule has 1 aromatic carbocycles. The summed E-state index contributed by atoms with van der Waals surface area (Å²) in [4.78, 5) is 4.48. The first-order valence-electron chi connectivity index (χ1n) is 6.11. The first-order chi connectivity index (χ1) is 8.83. The molecule has 2 heterocycles. The number of nitrogens with zero attached hydrogens (tertiary/aromatic N) is 2. The molecular weight excluding hydrogens is 220 g/mol. The summed E-state index contributed by atoms with van der Waals surface area (Å²) in [6.45, 7) is 2.96. The highest BCUT2D eigenvalue weighted by molar-refractivity contribution is 5.81. The van der Waals surface area contributed by atoms with Crippen molar-refractivity contribution < 1.29 is 4.57 Å². The second kappa shape index (κ2) is 4.57. The fourth-order valence-electron chi connectivity index (χ4n) is 2.13. The van der Waals surface area contributed by atoms with Crippen molar-refractivity contribution in [2.75, 3.05) is 0 Å². The molecule has 2 aromatic heterocycles. The molecule has 3 aromatic rings. The van der Waals surface area contributed by atoms with Crippen LogP contribution in [0.2, 0.25) is 0 Å². The smallest absolute Gasteiger partial charge is 0.175 e. The van der Waals surface area contributed by atoms with Gasteiger partial charge in [0.1, 0.15) is 0 Å². The molecule has 0 aliphatic rings. The fourth-order valence-corrected chi connectivity index (χ4v) is 2.13. The van der Waals surface area contributed by atoms with E-state index in [2.05, 4.69) is 65.3 Å². The fraction of sp³-hybridized carbons (Fsp3) is 0.125. The summed E-state index contributed by atoms with van der Waals surface area (Å²) >= 11 is 0. The molecule has 0 amide bonds. The summed E-state index contributed by atoms with van der Waals surface area (Å²) in [6.07, 6.45) is 6.07. The van der Waals surface area contributed by atoms with Gasteiger partial charge in [-0.05, 0) is 18.6 Å². The summed E-state index contributed by atoms with van der Waals surface area (Å²) in [5.74, 6) is 0. The number of aryl methyl sites for hydroxylation is 1. The number of hydrogen-bond donors (Lipinski definition) is 0. The van der Waals surface area contributed by atoms with Crippen LogP contribution in [0, 0.1) is 6.92 Å². The molecule has 0 aliphatic heterocycles. The topological polar surface area (TPSA) is 16.8 Å². The van der Waals surface area contributed by atoms with E-state index in [0.29, 0.717) is 0 Å². The van der Waals surface area contributed by atoms with Crippen molar-refractivity contribution in [3.8, 4) is 0 Å². The van der Waals surface area contributed by atoms with E-state index >= 15 is 0 Å². The highest BCUT2D eigenvalue weighted by atomic mass is 14.9. The summed E-state index contributed by atoms with van der Waals surface area (Å²) in [5.41, 5.74) is 3.62. The van der Waals surface area contributed by atoms with Crippen LogP contribution in [0.4, 0.5) is 0 Å². The van der Waals surface area contributed by atoms with Crippen molar-refractivity contribution >= 4 is 10.9 Å². The zero-order chi connectivity index (χ0) is 12.4.